The van der Waals surface area contributed by atoms with Gasteiger partial charge in [-0.25, -0.2) is 0 Å². The van der Waals surface area contributed by atoms with Crippen molar-refractivity contribution in [1.82, 2.24) is 4.90 Å². The molecule has 0 aromatic carbocycles. The van der Waals surface area contributed by atoms with Gasteiger partial charge < -0.3 is 24.2 Å². The first-order chi connectivity index (χ1) is 3.84. The molecule has 1 heterocycles. The van der Waals surface area contributed by atoms with Gasteiger partial charge >= 0.3 is 23.1 Å². The van der Waals surface area contributed by atoms with E-state index < -0.39 is 0 Å². The SMILES string of the molecule is [CH2-]CC1CCCN1C.[Cl-].[Mg+2]. The maximum atomic E-state index is 3.88. The number of hydrogen-bond donors (Lipinski definition) is 0. The Labute approximate surface area is 86.1 Å². The van der Waals surface area contributed by atoms with Crippen molar-refractivity contribution in [2.45, 2.75) is 25.3 Å². The number of hydrogen-bond acceptors (Lipinski definition) is 1. The molecular weight excluding hydrogens is 158 g/mol. The molecule has 0 amide bonds. The Morgan fingerprint density at radius 2 is 2.20 bits per heavy atom. The second-order valence-corrected chi connectivity index (χ2v) is 2.57. The Bertz CT molecular complexity index is 80.0. The van der Waals surface area contributed by atoms with Gasteiger partial charge in [0.15, 0.2) is 0 Å². The van der Waals surface area contributed by atoms with Gasteiger partial charge in [-0.1, -0.05) is 0 Å². The molecular formula is C7H14ClMgN. The van der Waals surface area contributed by atoms with E-state index in [0.717, 1.165) is 12.5 Å². The largest absolute Gasteiger partial charge is 2.00 e. The summed E-state index contributed by atoms with van der Waals surface area (Å²) in [5.74, 6) is 0. The molecule has 0 saturated carbocycles. The van der Waals surface area contributed by atoms with Gasteiger partial charge in [-0.3, -0.25) is 0 Å². The molecule has 0 aromatic rings. The van der Waals surface area contributed by atoms with Gasteiger partial charge in [0.2, 0.25) is 0 Å². The van der Waals surface area contributed by atoms with Crippen LogP contribution < -0.4 is 12.4 Å². The molecule has 0 spiro atoms. The van der Waals surface area contributed by atoms with Crippen LogP contribution >= 0.6 is 0 Å². The number of nitrogens with zero attached hydrogens (tertiary/aromatic N) is 1. The van der Waals surface area contributed by atoms with E-state index in [1.165, 1.54) is 19.4 Å². The van der Waals surface area contributed by atoms with Gasteiger partial charge in [0, 0.05) is 0 Å². The zero-order valence-corrected chi connectivity index (χ0v) is 8.82. The normalized spacial score (nSPS) is 25.2. The van der Waals surface area contributed by atoms with Crippen molar-refractivity contribution in [3.63, 3.8) is 0 Å². The molecule has 1 rings (SSSR count). The summed E-state index contributed by atoms with van der Waals surface area (Å²) in [7, 11) is 2.18. The molecule has 3 heteroatoms. The zero-order chi connectivity index (χ0) is 5.98. The molecule has 1 atom stereocenters. The number of halogens is 1. The van der Waals surface area contributed by atoms with Crippen LogP contribution in [-0.4, -0.2) is 47.6 Å². The number of likely N-dealkylation sites (tertiary alicyclic amines) is 1. The molecule has 0 bridgehead atoms. The third-order valence-corrected chi connectivity index (χ3v) is 2.00. The molecule has 1 unspecified atom stereocenters. The van der Waals surface area contributed by atoms with Gasteiger partial charge in [0.1, 0.15) is 0 Å². The van der Waals surface area contributed by atoms with E-state index >= 15 is 0 Å². The molecule has 0 aliphatic carbocycles. The third kappa shape index (κ3) is 3.42. The Balaban J connectivity index is 0. The van der Waals surface area contributed by atoms with Crippen LogP contribution in [0.15, 0.2) is 0 Å². The molecule has 0 aromatic heterocycles. The van der Waals surface area contributed by atoms with Crippen LogP contribution in [0, 0.1) is 6.92 Å². The van der Waals surface area contributed by atoms with E-state index in [1.807, 2.05) is 0 Å². The molecule has 0 N–H and O–H groups in total. The Morgan fingerprint density at radius 3 is 2.40 bits per heavy atom. The van der Waals surface area contributed by atoms with Gasteiger partial charge in [-0.15, -0.1) is 0 Å². The predicted molar refractivity (Wildman–Crippen MR) is 41.4 cm³/mol. The Morgan fingerprint density at radius 1 is 1.60 bits per heavy atom. The van der Waals surface area contributed by atoms with Crippen LogP contribution in [0.25, 0.3) is 0 Å². The summed E-state index contributed by atoms with van der Waals surface area (Å²) in [6, 6.07) is 0.787. The predicted octanol–water partition coefficient (Wildman–Crippen LogP) is -2.07. The third-order valence-electron chi connectivity index (χ3n) is 2.00. The summed E-state index contributed by atoms with van der Waals surface area (Å²) in [6.45, 7) is 5.15. The van der Waals surface area contributed by atoms with E-state index in [9.17, 15) is 0 Å². The van der Waals surface area contributed by atoms with E-state index in [4.69, 9.17) is 0 Å². The monoisotopic (exact) mass is 171 g/mol. The van der Waals surface area contributed by atoms with Gasteiger partial charge in [0.05, 0.1) is 0 Å². The first kappa shape index (κ1) is 13.6. The van der Waals surface area contributed by atoms with Crippen molar-refractivity contribution >= 4 is 23.1 Å². The Kier molecular flexibility index (Phi) is 9.12. The molecule has 1 nitrogen and oxygen atoms in total. The molecule has 1 aliphatic heterocycles. The maximum absolute atomic E-state index is 3.88. The molecule has 1 saturated heterocycles. The fourth-order valence-electron chi connectivity index (χ4n) is 1.34. The molecule has 56 valence electrons. The van der Waals surface area contributed by atoms with Crippen molar-refractivity contribution in [3.05, 3.63) is 6.92 Å². The summed E-state index contributed by atoms with van der Waals surface area (Å²) in [6.07, 6.45) is 3.81. The number of rotatable bonds is 1. The smallest absolute Gasteiger partial charge is 1.00 e. The van der Waals surface area contributed by atoms with E-state index in [2.05, 4.69) is 18.9 Å². The van der Waals surface area contributed by atoms with Gasteiger partial charge in [-0.2, -0.15) is 6.42 Å². The summed E-state index contributed by atoms with van der Waals surface area (Å²) in [5, 5.41) is 0. The summed E-state index contributed by atoms with van der Waals surface area (Å²) >= 11 is 0. The van der Waals surface area contributed by atoms with Crippen LogP contribution in [0.5, 0.6) is 0 Å². The fourth-order valence-corrected chi connectivity index (χ4v) is 1.34. The van der Waals surface area contributed by atoms with E-state index in [-0.39, 0.29) is 35.5 Å². The Hall–Kier alpha value is 1.02. The van der Waals surface area contributed by atoms with Crippen molar-refractivity contribution < 1.29 is 12.4 Å². The second-order valence-electron chi connectivity index (χ2n) is 2.57. The van der Waals surface area contributed by atoms with Crippen LogP contribution in [0.4, 0.5) is 0 Å². The first-order valence-corrected chi connectivity index (χ1v) is 3.34. The minimum absolute atomic E-state index is 0. The van der Waals surface area contributed by atoms with Crippen molar-refractivity contribution in [2.75, 3.05) is 13.6 Å². The molecule has 10 heavy (non-hydrogen) atoms. The summed E-state index contributed by atoms with van der Waals surface area (Å²) in [5.41, 5.74) is 0. The summed E-state index contributed by atoms with van der Waals surface area (Å²) in [4.78, 5) is 2.40. The second kappa shape index (κ2) is 6.71. The van der Waals surface area contributed by atoms with E-state index in [1.54, 1.807) is 0 Å². The van der Waals surface area contributed by atoms with Crippen molar-refractivity contribution in [2.24, 2.45) is 0 Å². The zero-order valence-electron chi connectivity index (χ0n) is 6.65. The maximum Gasteiger partial charge on any atom is 2.00 e. The van der Waals surface area contributed by atoms with Gasteiger partial charge in [-0.05, 0) is 32.5 Å². The van der Waals surface area contributed by atoms with E-state index in [0.29, 0.717) is 0 Å². The minimum atomic E-state index is 0. The topological polar surface area (TPSA) is 3.24 Å². The molecule has 0 radical (unpaired) electrons. The average molecular weight is 172 g/mol. The standard InChI is InChI=1S/C7H14N.ClH.Mg/c1-3-7-5-4-6-8(7)2;;/h7H,1,3-6H2,2H3;1H;/q-1;;+2/p-1. The van der Waals surface area contributed by atoms with Gasteiger partial charge in [0.25, 0.3) is 0 Å². The average Bonchev–Trinajstić information content (AvgIpc) is 2.14. The van der Waals surface area contributed by atoms with Crippen molar-refractivity contribution in [1.29, 1.82) is 0 Å². The minimum Gasteiger partial charge on any atom is -1.00 e. The molecule has 1 aliphatic rings. The van der Waals surface area contributed by atoms with Crippen LogP contribution in [0.2, 0.25) is 0 Å². The molecule has 1 fully saturated rings. The van der Waals surface area contributed by atoms with Crippen LogP contribution in [0.1, 0.15) is 19.3 Å². The summed E-state index contributed by atoms with van der Waals surface area (Å²) < 4.78 is 0. The van der Waals surface area contributed by atoms with Crippen LogP contribution in [-0.2, 0) is 0 Å². The first-order valence-electron chi connectivity index (χ1n) is 3.34. The van der Waals surface area contributed by atoms with Crippen molar-refractivity contribution in [3.8, 4) is 0 Å². The fraction of sp³-hybridized carbons (Fsp3) is 0.857. The quantitative estimate of drug-likeness (QED) is 0.324. The van der Waals surface area contributed by atoms with Crippen LogP contribution in [0.3, 0.4) is 0 Å².